The Balaban J connectivity index is 0.000000658. The molecule has 0 bridgehead atoms. The zero-order valence-corrected chi connectivity index (χ0v) is 24.6. The van der Waals surface area contributed by atoms with Gasteiger partial charge in [-0.05, 0) is 49.4 Å². The number of alkyl halides is 6. The molecule has 0 unspecified atom stereocenters. The van der Waals surface area contributed by atoms with Crippen molar-refractivity contribution in [2.75, 3.05) is 31.1 Å². The predicted molar refractivity (Wildman–Crippen MR) is 153 cm³/mol. The van der Waals surface area contributed by atoms with E-state index >= 15 is 0 Å². The number of piperidine rings is 1. The van der Waals surface area contributed by atoms with Crippen LogP contribution in [-0.2, 0) is 25.6 Å². The topological polar surface area (TPSA) is 216 Å². The van der Waals surface area contributed by atoms with Crippen molar-refractivity contribution in [3.05, 3.63) is 53.9 Å². The number of nitrogen functional groups attached to an aromatic ring is 1. The Kier molecular flexibility index (Phi) is 15.9. The fourth-order valence-corrected chi connectivity index (χ4v) is 3.87. The molecular formula is C28H33F6N5O8. The highest BCUT2D eigenvalue weighted by molar-refractivity contribution is 5.95. The summed E-state index contributed by atoms with van der Waals surface area (Å²) in [5.41, 5.74) is 7.97. The van der Waals surface area contributed by atoms with Crippen LogP contribution in [0.3, 0.4) is 0 Å². The van der Waals surface area contributed by atoms with Gasteiger partial charge in [0.25, 0.3) is 0 Å². The van der Waals surface area contributed by atoms with Gasteiger partial charge in [0, 0.05) is 55.6 Å². The molecule has 13 nitrogen and oxygen atoms in total. The van der Waals surface area contributed by atoms with Gasteiger partial charge in [-0.15, -0.1) is 0 Å². The van der Waals surface area contributed by atoms with Gasteiger partial charge in [-0.1, -0.05) is 12.1 Å². The van der Waals surface area contributed by atoms with E-state index in [1.807, 2.05) is 12.1 Å². The number of benzene rings is 1. The molecule has 0 atom stereocenters. The van der Waals surface area contributed by atoms with Crippen molar-refractivity contribution in [2.45, 2.75) is 44.5 Å². The number of amidine groups is 1. The number of amides is 1. The summed E-state index contributed by atoms with van der Waals surface area (Å²) in [6.45, 7) is 2.55. The van der Waals surface area contributed by atoms with E-state index in [-0.39, 0.29) is 24.1 Å². The molecule has 1 amide bonds. The first-order valence-electron chi connectivity index (χ1n) is 13.7. The molecule has 2 heterocycles. The smallest absolute Gasteiger partial charge is 0.490 e. The standard InChI is InChI=1S/C24H31N5O4.2C2HF3O2/c25-23(26)19-3-2-17(4-5-22(30)31)21(16-19)33-15-1-10-28-24(32)18-8-13-29(14-9-18)20-6-11-27-12-7-20;2*3-2(4,5)1(6)7/h2-3,6-7,11-12,16,18H,1,4-5,8-10,13-15H2,(H3,25,26)(H,28,32)(H,30,31);2*(H,6,7). The van der Waals surface area contributed by atoms with Gasteiger partial charge in [0.2, 0.25) is 5.91 Å². The molecule has 0 saturated carbocycles. The van der Waals surface area contributed by atoms with E-state index in [0.717, 1.165) is 37.2 Å². The number of nitrogens with zero attached hydrogens (tertiary/aromatic N) is 2. The van der Waals surface area contributed by atoms with Gasteiger partial charge in [0.05, 0.1) is 6.61 Å². The number of rotatable bonds is 11. The summed E-state index contributed by atoms with van der Waals surface area (Å²) < 4.78 is 69.3. The van der Waals surface area contributed by atoms with Crippen LogP contribution >= 0.6 is 0 Å². The van der Waals surface area contributed by atoms with Crippen LogP contribution in [0.2, 0.25) is 0 Å². The van der Waals surface area contributed by atoms with Crippen molar-refractivity contribution in [1.29, 1.82) is 5.41 Å². The largest absolute Gasteiger partial charge is 0.493 e. The van der Waals surface area contributed by atoms with E-state index in [4.69, 9.17) is 40.8 Å². The fraction of sp³-hybridized carbons (Fsp3) is 0.429. The first kappa shape index (κ1) is 39.9. The fourth-order valence-electron chi connectivity index (χ4n) is 3.87. The van der Waals surface area contributed by atoms with Gasteiger partial charge in [-0.25, -0.2) is 9.59 Å². The number of carbonyl (C=O) groups is 4. The molecule has 0 spiro atoms. The number of ether oxygens (including phenoxy) is 1. The van der Waals surface area contributed by atoms with Crippen molar-refractivity contribution in [2.24, 2.45) is 11.7 Å². The summed E-state index contributed by atoms with van der Waals surface area (Å²) in [5.74, 6) is -5.86. The SMILES string of the molecule is N=C(N)c1ccc(CCC(=O)O)c(OCCCNC(=O)C2CCN(c3ccncc3)CC2)c1.O=C(O)C(F)(F)F.O=C(O)C(F)(F)F. The number of carboxylic acids is 3. The minimum Gasteiger partial charge on any atom is -0.493 e. The van der Waals surface area contributed by atoms with Crippen molar-refractivity contribution in [1.82, 2.24) is 10.3 Å². The lowest BCUT2D eigenvalue weighted by molar-refractivity contribution is -0.193. The van der Waals surface area contributed by atoms with Gasteiger partial charge >= 0.3 is 30.3 Å². The first-order valence-corrected chi connectivity index (χ1v) is 13.7. The summed E-state index contributed by atoms with van der Waals surface area (Å²) in [7, 11) is 0. The Labute approximate surface area is 263 Å². The number of carbonyl (C=O) groups excluding carboxylic acids is 1. The average molecular weight is 682 g/mol. The molecule has 1 aliphatic rings. The van der Waals surface area contributed by atoms with Crippen LogP contribution in [0.1, 0.15) is 36.8 Å². The second-order valence-corrected chi connectivity index (χ2v) is 9.70. The highest BCUT2D eigenvalue weighted by Gasteiger charge is 2.38. The molecule has 1 aromatic heterocycles. The number of hydrogen-bond donors (Lipinski definition) is 6. The van der Waals surface area contributed by atoms with Crippen LogP contribution in [0.5, 0.6) is 5.75 Å². The number of carboxylic acid groups (broad SMARTS) is 3. The van der Waals surface area contributed by atoms with Crippen molar-refractivity contribution in [3.8, 4) is 5.75 Å². The number of pyridine rings is 1. The lowest BCUT2D eigenvalue weighted by atomic mass is 9.95. The molecule has 19 heteroatoms. The number of aliphatic carboxylic acids is 3. The molecule has 7 N–H and O–H groups in total. The molecule has 47 heavy (non-hydrogen) atoms. The van der Waals surface area contributed by atoms with Gasteiger partial charge in [0.1, 0.15) is 11.6 Å². The molecular weight excluding hydrogens is 648 g/mol. The Morgan fingerprint density at radius 2 is 1.49 bits per heavy atom. The van der Waals surface area contributed by atoms with Crippen molar-refractivity contribution < 1.29 is 65.6 Å². The van der Waals surface area contributed by atoms with Gasteiger partial charge in [0.15, 0.2) is 0 Å². The number of hydrogen-bond acceptors (Lipinski definition) is 8. The monoisotopic (exact) mass is 681 g/mol. The van der Waals surface area contributed by atoms with Crippen LogP contribution in [0, 0.1) is 11.3 Å². The molecule has 0 aliphatic carbocycles. The Hall–Kier alpha value is -5.10. The van der Waals surface area contributed by atoms with E-state index in [2.05, 4.69) is 15.2 Å². The average Bonchev–Trinajstić information content (AvgIpc) is 3.00. The molecule has 260 valence electrons. The molecule has 1 aliphatic heterocycles. The number of halogens is 6. The number of anilines is 1. The number of nitrogens with one attached hydrogen (secondary N) is 2. The molecule has 1 aromatic carbocycles. The lowest BCUT2D eigenvalue weighted by Crippen LogP contribution is -2.41. The highest BCUT2D eigenvalue weighted by Crippen LogP contribution is 2.24. The van der Waals surface area contributed by atoms with Gasteiger partial charge in [-0.3, -0.25) is 20.0 Å². The van der Waals surface area contributed by atoms with Crippen LogP contribution in [-0.4, -0.2) is 88.5 Å². The number of nitrogens with two attached hydrogens (primary N) is 1. The second-order valence-electron chi connectivity index (χ2n) is 9.70. The zero-order valence-electron chi connectivity index (χ0n) is 24.6. The predicted octanol–water partition coefficient (Wildman–Crippen LogP) is 3.45. The minimum atomic E-state index is -5.08. The summed E-state index contributed by atoms with van der Waals surface area (Å²) >= 11 is 0. The van der Waals surface area contributed by atoms with E-state index in [0.29, 0.717) is 37.3 Å². The molecule has 3 rings (SSSR count). The van der Waals surface area contributed by atoms with Crippen LogP contribution in [0.15, 0.2) is 42.7 Å². The van der Waals surface area contributed by atoms with Crippen LogP contribution in [0.25, 0.3) is 0 Å². The molecule has 1 saturated heterocycles. The summed E-state index contributed by atoms with van der Waals surface area (Å²) in [6.07, 6.45) is -4.04. The van der Waals surface area contributed by atoms with E-state index < -0.39 is 30.3 Å². The summed E-state index contributed by atoms with van der Waals surface area (Å²) in [5, 5.41) is 33.8. The Bertz CT molecular complexity index is 1330. The number of aromatic nitrogens is 1. The third-order valence-corrected chi connectivity index (χ3v) is 6.24. The normalized spacial score (nSPS) is 13.2. The molecule has 0 radical (unpaired) electrons. The maximum absolute atomic E-state index is 12.5. The Morgan fingerprint density at radius 1 is 0.957 bits per heavy atom. The van der Waals surface area contributed by atoms with Crippen molar-refractivity contribution >= 4 is 35.3 Å². The zero-order chi connectivity index (χ0) is 35.8. The summed E-state index contributed by atoms with van der Waals surface area (Å²) in [4.78, 5) is 47.5. The lowest BCUT2D eigenvalue weighted by Gasteiger charge is -2.32. The minimum absolute atomic E-state index is 0.00812. The second kappa shape index (κ2) is 18.8. The van der Waals surface area contributed by atoms with Crippen molar-refractivity contribution in [3.63, 3.8) is 0 Å². The maximum atomic E-state index is 12.5. The highest BCUT2D eigenvalue weighted by atomic mass is 19.4. The van der Waals surface area contributed by atoms with E-state index in [1.165, 1.54) is 0 Å². The van der Waals surface area contributed by atoms with Crippen LogP contribution < -0.4 is 20.7 Å². The first-order chi connectivity index (χ1) is 21.8. The quantitative estimate of drug-likeness (QED) is 0.0874. The third kappa shape index (κ3) is 15.6. The molecule has 2 aromatic rings. The van der Waals surface area contributed by atoms with Gasteiger partial charge in [-0.2, -0.15) is 26.3 Å². The molecule has 1 fully saturated rings. The van der Waals surface area contributed by atoms with Gasteiger partial charge < -0.3 is 36.0 Å². The summed E-state index contributed by atoms with van der Waals surface area (Å²) in [6, 6.07) is 9.07. The van der Waals surface area contributed by atoms with Crippen LogP contribution in [0.4, 0.5) is 32.0 Å². The Morgan fingerprint density at radius 3 is 1.96 bits per heavy atom. The third-order valence-electron chi connectivity index (χ3n) is 6.24. The van der Waals surface area contributed by atoms with E-state index in [9.17, 15) is 35.9 Å². The number of aryl methyl sites for hydroxylation is 1. The van der Waals surface area contributed by atoms with E-state index in [1.54, 1.807) is 30.6 Å². The maximum Gasteiger partial charge on any atom is 0.490 e.